The molecule has 0 amide bonds. The number of hydrogen-bond acceptors (Lipinski definition) is 1. The zero-order valence-electron chi connectivity index (χ0n) is 11.0. The van der Waals surface area contributed by atoms with Crippen LogP contribution in [0.1, 0.15) is 37.8 Å². The Morgan fingerprint density at radius 2 is 1.56 bits per heavy atom. The van der Waals surface area contributed by atoms with Crippen LogP contribution in [-0.4, -0.2) is 5.11 Å². The van der Waals surface area contributed by atoms with Gasteiger partial charge in [0.1, 0.15) is 5.75 Å². The van der Waals surface area contributed by atoms with Crippen LogP contribution in [-0.2, 0) is 32.7 Å². The van der Waals surface area contributed by atoms with Crippen LogP contribution in [0.25, 0.3) is 0 Å². The molecule has 0 bridgehead atoms. The summed E-state index contributed by atoms with van der Waals surface area (Å²) in [5.74, 6) is 1.19. The predicted molar refractivity (Wildman–Crippen MR) is 67.0 cm³/mol. The standard InChI is InChI=1S/C8H10O.C6H13.Y/c1-6-3-7(2)5-8(9)4-6;1-4-5-6(2)3;/h3-5,9H,1-2H3;6H,1,4-5H2,2-3H3;/q;-1;. The first-order valence-corrected chi connectivity index (χ1v) is 5.52. The van der Waals surface area contributed by atoms with Gasteiger partial charge in [-0.3, -0.25) is 0 Å². The largest absolute Gasteiger partial charge is 0.508 e. The molecule has 0 heterocycles. The number of phenolic OH excluding ortho intramolecular Hbond substituents is 1. The van der Waals surface area contributed by atoms with E-state index >= 15 is 0 Å². The molecule has 89 valence electrons. The molecule has 0 aliphatic carbocycles. The maximum atomic E-state index is 8.99. The van der Waals surface area contributed by atoms with E-state index in [1.807, 2.05) is 19.9 Å². The molecular formula is C14H23OY-. The summed E-state index contributed by atoms with van der Waals surface area (Å²) in [6.45, 7) is 12.1. The number of aryl methyl sites for hydroxylation is 2. The fourth-order valence-electron chi connectivity index (χ4n) is 1.36. The number of phenols is 1. The van der Waals surface area contributed by atoms with Crippen LogP contribution in [0.15, 0.2) is 18.2 Å². The molecular weight excluding hydrogens is 273 g/mol. The SMILES string of the molecule is Cc1cc(C)cc(O)c1.[CH2-]CCC(C)C.[Y]. The van der Waals surface area contributed by atoms with Gasteiger partial charge in [0.2, 0.25) is 0 Å². The van der Waals surface area contributed by atoms with E-state index in [9.17, 15) is 0 Å². The quantitative estimate of drug-likeness (QED) is 0.808. The molecule has 0 fully saturated rings. The van der Waals surface area contributed by atoms with Crippen molar-refractivity contribution < 1.29 is 37.8 Å². The van der Waals surface area contributed by atoms with Gasteiger partial charge in [-0.25, -0.2) is 0 Å². The summed E-state index contributed by atoms with van der Waals surface area (Å²) < 4.78 is 0. The average Bonchev–Trinajstić information content (AvgIpc) is 2.00. The van der Waals surface area contributed by atoms with E-state index in [2.05, 4.69) is 20.8 Å². The van der Waals surface area contributed by atoms with E-state index in [1.165, 1.54) is 6.42 Å². The van der Waals surface area contributed by atoms with Crippen molar-refractivity contribution in [3.8, 4) is 5.75 Å². The van der Waals surface area contributed by atoms with Crippen molar-refractivity contribution in [2.24, 2.45) is 5.92 Å². The topological polar surface area (TPSA) is 20.2 Å². The smallest absolute Gasteiger partial charge is 0.116 e. The van der Waals surface area contributed by atoms with Crippen molar-refractivity contribution in [3.05, 3.63) is 36.2 Å². The summed E-state index contributed by atoms with van der Waals surface area (Å²) in [6.07, 6.45) is 2.34. The zero-order valence-corrected chi connectivity index (χ0v) is 13.8. The van der Waals surface area contributed by atoms with Gasteiger partial charge in [-0.05, 0) is 43.0 Å². The molecule has 2 heteroatoms. The van der Waals surface area contributed by atoms with Crippen molar-refractivity contribution in [1.82, 2.24) is 0 Å². The summed E-state index contributed by atoms with van der Waals surface area (Å²) in [4.78, 5) is 0. The van der Waals surface area contributed by atoms with Crippen LogP contribution in [0.2, 0.25) is 0 Å². The molecule has 1 aromatic carbocycles. The molecule has 0 atom stereocenters. The first-order chi connectivity index (χ1) is 6.95. The van der Waals surface area contributed by atoms with Crippen LogP contribution in [0.3, 0.4) is 0 Å². The van der Waals surface area contributed by atoms with Gasteiger partial charge >= 0.3 is 0 Å². The monoisotopic (exact) mass is 296 g/mol. The van der Waals surface area contributed by atoms with E-state index in [-0.39, 0.29) is 32.7 Å². The minimum Gasteiger partial charge on any atom is -0.508 e. The Morgan fingerprint density at radius 1 is 1.12 bits per heavy atom. The Morgan fingerprint density at radius 3 is 1.75 bits per heavy atom. The molecule has 0 aliphatic heterocycles. The number of rotatable bonds is 2. The van der Waals surface area contributed by atoms with Gasteiger partial charge in [0, 0.05) is 32.7 Å². The zero-order chi connectivity index (χ0) is 11.8. The van der Waals surface area contributed by atoms with Crippen LogP contribution >= 0.6 is 0 Å². The summed E-state index contributed by atoms with van der Waals surface area (Å²) in [5, 5.41) is 8.99. The third-order valence-electron chi connectivity index (χ3n) is 1.99. The number of hydrogen-bond donors (Lipinski definition) is 1. The van der Waals surface area contributed by atoms with Crippen molar-refractivity contribution in [1.29, 1.82) is 0 Å². The minimum absolute atomic E-state index is 0. The Balaban J connectivity index is 0. The van der Waals surface area contributed by atoms with Crippen molar-refractivity contribution in [2.45, 2.75) is 40.5 Å². The normalized spacial score (nSPS) is 9.12. The maximum absolute atomic E-state index is 8.99. The van der Waals surface area contributed by atoms with E-state index < -0.39 is 0 Å². The maximum Gasteiger partial charge on any atom is 0.116 e. The second-order valence-electron chi connectivity index (χ2n) is 4.38. The fraction of sp³-hybridized carbons (Fsp3) is 0.500. The number of aromatic hydroxyl groups is 1. The van der Waals surface area contributed by atoms with Crippen LogP contribution < -0.4 is 0 Å². The molecule has 0 saturated heterocycles. The molecule has 16 heavy (non-hydrogen) atoms. The Hall–Kier alpha value is 0.124. The predicted octanol–water partition coefficient (Wildman–Crippen LogP) is 4.26. The summed E-state index contributed by atoms with van der Waals surface area (Å²) in [6, 6.07) is 5.51. The molecule has 1 radical (unpaired) electrons. The minimum atomic E-state index is 0. The van der Waals surface area contributed by atoms with Crippen LogP contribution in [0, 0.1) is 26.7 Å². The molecule has 0 aromatic heterocycles. The summed E-state index contributed by atoms with van der Waals surface area (Å²) in [5.41, 5.74) is 2.21. The molecule has 1 rings (SSSR count). The molecule has 0 unspecified atom stereocenters. The van der Waals surface area contributed by atoms with Crippen LogP contribution in [0.5, 0.6) is 5.75 Å². The van der Waals surface area contributed by atoms with Gasteiger partial charge in [0.15, 0.2) is 0 Å². The summed E-state index contributed by atoms with van der Waals surface area (Å²) in [7, 11) is 0. The van der Waals surface area contributed by atoms with Crippen molar-refractivity contribution >= 4 is 0 Å². The van der Waals surface area contributed by atoms with Crippen molar-refractivity contribution in [3.63, 3.8) is 0 Å². The van der Waals surface area contributed by atoms with E-state index in [1.54, 1.807) is 12.1 Å². The first kappa shape index (κ1) is 18.5. The summed E-state index contributed by atoms with van der Waals surface area (Å²) >= 11 is 0. The van der Waals surface area contributed by atoms with E-state index in [0.29, 0.717) is 5.75 Å². The van der Waals surface area contributed by atoms with Gasteiger partial charge in [-0.2, -0.15) is 6.42 Å². The Bertz CT molecular complexity index is 232. The second kappa shape index (κ2) is 10.3. The second-order valence-corrected chi connectivity index (χ2v) is 4.38. The molecule has 0 aliphatic rings. The molecule has 1 N–H and O–H groups in total. The van der Waals surface area contributed by atoms with E-state index in [4.69, 9.17) is 5.11 Å². The van der Waals surface area contributed by atoms with Crippen LogP contribution in [0.4, 0.5) is 0 Å². The van der Waals surface area contributed by atoms with Gasteiger partial charge in [-0.1, -0.05) is 26.3 Å². The number of benzene rings is 1. The molecule has 0 saturated carbocycles. The Labute approximate surface area is 126 Å². The van der Waals surface area contributed by atoms with Gasteiger partial charge in [0.25, 0.3) is 0 Å². The van der Waals surface area contributed by atoms with Gasteiger partial charge in [0.05, 0.1) is 0 Å². The van der Waals surface area contributed by atoms with Gasteiger partial charge in [-0.15, -0.1) is 0 Å². The van der Waals surface area contributed by atoms with E-state index in [0.717, 1.165) is 23.5 Å². The Kier molecular flexibility index (Phi) is 11.9. The third-order valence-corrected chi connectivity index (χ3v) is 1.99. The fourth-order valence-corrected chi connectivity index (χ4v) is 1.36. The molecule has 1 aromatic rings. The molecule has 1 nitrogen and oxygen atoms in total. The van der Waals surface area contributed by atoms with Gasteiger partial charge < -0.3 is 12.0 Å². The average molecular weight is 296 g/mol. The van der Waals surface area contributed by atoms with Crippen molar-refractivity contribution in [2.75, 3.05) is 0 Å². The molecule has 0 spiro atoms. The third kappa shape index (κ3) is 10.6. The first-order valence-electron chi connectivity index (χ1n) is 5.52.